The molecule has 1 heteroatoms. The molecule has 0 aromatic heterocycles. The van der Waals surface area contributed by atoms with Gasteiger partial charge in [0.25, 0.3) is 0 Å². The molecule has 0 unspecified atom stereocenters. The zero-order valence-electron chi connectivity index (χ0n) is 7.84. The normalized spacial score (nSPS) is 19.2. The fraction of sp³-hybridized carbons (Fsp3) is 0.636. The third-order valence-corrected chi connectivity index (χ3v) is 2.38. The van der Waals surface area contributed by atoms with Crippen molar-refractivity contribution in [2.24, 2.45) is 0 Å². The molecule has 0 spiro atoms. The van der Waals surface area contributed by atoms with E-state index in [1.807, 2.05) is 0 Å². The van der Waals surface area contributed by atoms with Gasteiger partial charge in [0, 0.05) is 6.61 Å². The van der Waals surface area contributed by atoms with Crippen LogP contribution in [0.3, 0.4) is 0 Å². The van der Waals surface area contributed by atoms with Crippen LogP contribution in [0.15, 0.2) is 23.3 Å². The molecule has 1 aliphatic rings. The molecule has 0 saturated carbocycles. The summed E-state index contributed by atoms with van der Waals surface area (Å²) in [6.45, 7) is 2.41. The van der Waals surface area contributed by atoms with E-state index in [1.165, 1.54) is 36.8 Å². The topological polar surface area (TPSA) is 20.2 Å². The molecule has 12 heavy (non-hydrogen) atoms. The lowest BCUT2D eigenvalue weighted by Crippen LogP contribution is -1.93. The van der Waals surface area contributed by atoms with Gasteiger partial charge in [0.15, 0.2) is 0 Å². The summed E-state index contributed by atoms with van der Waals surface area (Å²) in [5.74, 6) is 0. The summed E-state index contributed by atoms with van der Waals surface area (Å²) in [4.78, 5) is 0. The Labute approximate surface area is 74.8 Å². The van der Waals surface area contributed by atoms with E-state index in [0.717, 1.165) is 6.42 Å². The lowest BCUT2D eigenvalue weighted by Gasteiger charge is -2.12. The van der Waals surface area contributed by atoms with Gasteiger partial charge in [-0.05, 0) is 44.6 Å². The van der Waals surface area contributed by atoms with Crippen LogP contribution in [0.1, 0.15) is 39.0 Å². The van der Waals surface area contributed by atoms with Gasteiger partial charge in [-0.1, -0.05) is 17.7 Å². The highest BCUT2D eigenvalue weighted by Crippen LogP contribution is 2.23. The standard InChI is InChI=1S/C11H18O/c1-10(6-5-9-12)11-7-3-2-4-8-11/h6-7,12H,2-5,8-9H2,1H3/b10-6-. The fourth-order valence-electron chi connectivity index (χ4n) is 1.61. The summed E-state index contributed by atoms with van der Waals surface area (Å²) in [5.41, 5.74) is 2.86. The highest BCUT2D eigenvalue weighted by Gasteiger charge is 2.03. The van der Waals surface area contributed by atoms with Crippen molar-refractivity contribution < 1.29 is 5.11 Å². The molecule has 1 aliphatic carbocycles. The molecule has 0 amide bonds. The molecule has 0 saturated heterocycles. The Hall–Kier alpha value is -0.560. The lowest BCUT2D eigenvalue weighted by atomic mass is 9.94. The molecule has 0 fully saturated rings. The van der Waals surface area contributed by atoms with Crippen LogP contribution < -0.4 is 0 Å². The first kappa shape index (κ1) is 9.53. The van der Waals surface area contributed by atoms with Crippen molar-refractivity contribution in [3.05, 3.63) is 23.3 Å². The van der Waals surface area contributed by atoms with E-state index in [-0.39, 0.29) is 6.61 Å². The summed E-state index contributed by atoms with van der Waals surface area (Å²) in [6, 6.07) is 0. The predicted molar refractivity (Wildman–Crippen MR) is 52.0 cm³/mol. The molecular weight excluding hydrogens is 148 g/mol. The largest absolute Gasteiger partial charge is 0.396 e. The van der Waals surface area contributed by atoms with E-state index in [4.69, 9.17) is 5.11 Å². The number of hydrogen-bond donors (Lipinski definition) is 1. The van der Waals surface area contributed by atoms with Gasteiger partial charge in [0.05, 0.1) is 0 Å². The monoisotopic (exact) mass is 166 g/mol. The van der Waals surface area contributed by atoms with Crippen molar-refractivity contribution >= 4 is 0 Å². The SMILES string of the molecule is C/C(=C/CCO)C1=CCCCC1. The van der Waals surface area contributed by atoms with Gasteiger partial charge in [-0.15, -0.1) is 0 Å². The fourth-order valence-corrected chi connectivity index (χ4v) is 1.61. The highest BCUT2D eigenvalue weighted by molar-refractivity contribution is 5.29. The maximum atomic E-state index is 8.65. The van der Waals surface area contributed by atoms with Crippen LogP contribution in [0.25, 0.3) is 0 Å². The van der Waals surface area contributed by atoms with E-state index < -0.39 is 0 Å². The Bertz CT molecular complexity index is 189. The average molecular weight is 166 g/mol. The van der Waals surface area contributed by atoms with Crippen LogP contribution in [-0.4, -0.2) is 11.7 Å². The Balaban J connectivity index is 2.49. The number of aliphatic hydroxyl groups is 1. The van der Waals surface area contributed by atoms with Gasteiger partial charge in [-0.25, -0.2) is 0 Å². The second kappa shape index (κ2) is 5.15. The van der Waals surface area contributed by atoms with Gasteiger partial charge < -0.3 is 5.11 Å². The van der Waals surface area contributed by atoms with E-state index in [1.54, 1.807) is 0 Å². The smallest absolute Gasteiger partial charge is 0.0465 e. The maximum Gasteiger partial charge on any atom is 0.0465 e. The number of rotatable bonds is 3. The Morgan fingerprint density at radius 3 is 3.00 bits per heavy atom. The molecule has 0 aliphatic heterocycles. The van der Waals surface area contributed by atoms with E-state index in [0.29, 0.717) is 0 Å². The van der Waals surface area contributed by atoms with Crippen LogP contribution in [0.4, 0.5) is 0 Å². The van der Waals surface area contributed by atoms with Crippen molar-refractivity contribution in [1.82, 2.24) is 0 Å². The van der Waals surface area contributed by atoms with Crippen LogP contribution in [0, 0.1) is 0 Å². The number of aliphatic hydroxyl groups excluding tert-OH is 1. The Kier molecular flexibility index (Phi) is 4.09. The molecule has 0 atom stereocenters. The summed E-state index contributed by atoms with van der Waals surface area (Å²) in [5, 5.41) is 8.65. The zero-order chi connectivity index (χ0) is 8.81. The Morgan fingerprint density at radius 1 is 1.58 bits per heavy atom. The average Bonchev–Trinajstić information content (AvgIpc) is 2.15. The molecule has 0 radical (unpaired) electrons. The third kappa shape index (κ3) is 2.82. The minimum atomic E-state index is 0.268. The number of allylic oxidation sites excluding steroid dienone is 3. The van der Waals surface area contributed by atoms with Crippen molar-refractivity contribution in [1.29, 1.82) is 0 Å². The van der Waals surface area contributed by atoms with Crippen LogP contribution in [-0.2, 0) is 0 Å². The van der Waals surface area contributed by atoms with Crippen LogP contribution in [0.2, 0.25) is 0 Å². The second-order valence-electron chi connectivity index (χ2n) is 3.37. The van der Waals surface area contributed by atoms with Gasteiger partial charge in [0.1, 0.15) is 0 Å². The molecule has 0 aromatic rings. The van der Waals surface area contributed by atoms with Gasteiger partial charge in [-0.2, -0.15) is 0 Å². The van der Waals surface area contributed by atoms with Gasteiger partial charge in [-0.3, -0.25) is 0 Å². The summed E-state index contributed by atoms with van der Waals surface area (Å²) < 4.78 is 0. The third-order valence-electron chi connectivity index (χ3n) is 2.38. The molecule has 0 heterocycles. The van der Waals surface area contributed by atoms with E-state index in [9.17, 15) is 0 Å². The summed E-state index contributed by atoms with van der Waals surface area (Å²) in [6.07, 6.45) is 10.4. The van der Waals surface area contributed by atoms with Gasteiger partial charge in [0.2, 0.25) is 0 Å². The molecule has 1 N–H and O–H groups in total. The van der Waals surface area contributed by atoms with Gasteiger partial charge >= 0.3 is 0 Å². The maximum absolute atomic E-state index is 8.65. The first-order chi connectivity index (χ1) is 5.84. The minimum Gasteiger partial charge on any atom is -0.396 e. The molecule has 0 aromatic carbocycles. The van der Waals surface area contributed by atoms with E-state index >= 15 is 0 Å². The first-order valence-electron chi connectivity index (χ1n) is 4.81. The summed E-state index contributed by atoms with van der Waals surface area (Å²) >= 11 is 0. The van der Waals surface area contributed by atoms with Crippen molar-refractivity contribution in [2.45, 2.75) is 39.0 Å². The predicted octanol–water partition coefficient (Wildman–Crippen LogP) is 2.82. The molecule has 1 nitrogen and oxygen atoms in total. The molecule has 68 valence electrons. The molecular formula is C11H18O. The quantitative estimate of drug-likeness (QED) is 0.683. The minimum absolute atomic E-state index is 0.268. The van der Waals surface area contributed by atoms with Crippen LogP contribution >= 0.6 is 0 Å². The van der Waals surface area contributed by atoms with Crippen LogP contribution in [0.5, 0.6) is 0 Å². The molecule has 1 rings (SSSR count). The Morgan fingerprint density at radius 2 is 2.42 bits per heavy atom. The van der Waals surface area contributed by atoms with Crippen molar-refractivity contribution in [3.63, 3.8) is 0 Å². The van der Waals surface area contributed by atoms with Crippen molar-refractivity contribution in [3.8, 4) is 0 Å². The highest BCUT2D eigenvalue weighted by atomic mass is 16.2. The van der Waals surface area contributed by atoms with Crippen molar-refractivity contribution in [2.75, 3.05) is 6.61 Å². The zero-order valence-corrected chi connectivity index (χ0v) is 7.84. The summed E-state index contributed by atoms with van der Waals surface area (Å²) in [7, 11) is 0. The lowest BCUT2D eigenvalue weighted by molar-refractivity contribution is 0.302. The molecule has 0 bridgehead atoms. The second-order valence-corrected chi connectivity index (χ2v) is 3.37. The van der Waals surface area contributed by atoms with E-state index in [2.05, 4.69) is 19.1 Å². The number of hydrogen-bond acceptors (Lipinski definition) is 1. The first-order valence-corrected chi connectivity index (χ1v) is 4.81.